The third kappa shape index (κ3) is 4.06. The van der Waals surface area contributed by atoms with Crippen molar-refractivity contribution in [1.82, 2.24) is 5.32 Å². The molecule has 1 aromatic rings. The summed E-state index contributed by atoms with van der Waals surface area (Å²) in [5.41, 5.74) is 1.20. The topological polar surface area (TPSA) is 12.0 Å². The molecule has 1 aliphatic rings. The lowest BCUT2D eigenvalue weighted by Gasteiger charge is -2.21. The van der Waals surface area contributed by atoms with Crippen LogP contribution in [0.3, 0.4) is 0 Å². The lowest BCUT2D eigenvalue weighted by atomic mass is 9.89. The first-order chi connectivity index (χ1) is 8.56. The van der Waals surface area contributed by atoms with Crippen LogP contribution in [-0.4, -0.2) is 12.6 Å². The van der Waals surface area contributed by atoms with Crippen LogP contribution in [0.5, 0.6) is 0 Å². The second-order valence-corrected chi connectivity index (χ2v) is 6.43. The van der Waals surface area contributed by atoms with E-state index >= 15 is 0 Å². The Balaban J connectivity index is 1.86. The maximum Gasteiger partial charge on any atom is 0.124 e. The Labute approximate surface area is 117 Å². The van der Waals surface area contributed by atoms with Crippen LogP contribution >= 0.6 is 15.9 Å². The van der Waals surface area contributed by atoms with Crippen LogP contribution in [0, 0.1) is 17.7 Å². The van der Waals surface area contributed by atoms with E-state index in [2.05, 4.69) is 35.1 Å². The summed E-state index contributed by atoms with van der Waals surface area (Å²) in [7, 11) is 0. The molecule has 0 aliphatic heterocycles. The molecule has 0 bridgehead atoms. The molecule has 2 unspecified atom stereocenters. The van der Waals surface area contributed by atoms with Crippen LogP contribution in [0.1, 0.15) is 32.3 Å². The molecule has 1 nitrogen and oxygen atoms in total. The summed E-state index contributed by atoms with van der Waals surface area (Å²) >= 11 is 3.44. The molecule has 18 heavy (non-hydrogen) atoms. The van der Waals surface area contributed by atoms with Crippen molar-refractivity contribution >= 4 is 15.9 Å². The molecule has 1 fully saturated rings. The molecular formula is C15H21BrFN. The van der Waals surface area contributed by atoms with Gasteiger partial charge in [-0.25, -0.2) is 4.39 Å². The van der Waals surface area contributed by atoms with E-state index in [1.165, 1.54) is 18.4 Å². The zero-order chi connectivity index (χ0) is 13.1. The maximum atomic E-state index is 13.0. The molecule has 1 aliphatic carbocycles. The standard InChI is InChI=1S/C15H21BrFN/c1-10(11(2)9-18-14-5-6-14)7-12-3-4-13(17)8-15(12)16/h3-4,8,10-11,14,18H,5-7,9H2,1-2H3. The van der Waals surface area contributed by atoms with E-state index in [4.69, 9.17) is 0 Å². The minimum absolute atomic E-state index is 0.179. The average Bonchev–Trinajstić information content (AvgIpc) is 3.13. The molecule has 0 aromatic heterocycles. The second-order valence-electron chi connectivity index (χ2n) is 5.58. The smallest absolute Gasteiger partial charge is 0.124 e. The van der Waals surface area contributed by atoms with Gasteiger partial charge in [0.25, 0.3) is 0 Å². The van der Waals surface area contributed by atoms with Gasteiger partial charge in [-0.2, -0.15) is 0 Å². The van der Waals surface area contributed by atoms with Gasteiger partial charge in [0.2, 0.25) is 0 Å². The minimum Gasteiger partial charge on any atom is -0.314 e. The fraction of sp³-hybridized carbons (Fsp3) is 0.600. The van der Waals surface area contributed by atoms with Crippen LogP contribution in [0.4, 0.5) is 4.39 Å². The molecule has 0 spiro atoms. The van der Waals surface area contributed by atoms with Crippen LogP contribution in [0.25, 0.3) is 0 Å². The van der Waals surface area contributed by atoms with E-state index in [0.29, 0.717) is 11.8 Å². The van der Waals surface area contributed by atoms with Crippen LogP contribution in [-0.2, 0) is 6.42 Å². The summed E-state index contributed by atoms with van der Waals surface area (Å²) < 4.78 is 13.9. The van der Waals surface area contributed by atoms with E-state index in [1.54, 1.807) is 12.1 Å². The lowest BCUT2D eigenvalue weighted by Crippen LogP contribution is -2.27. The summed E-state index contributed by atoms with van der Waals surface area (Å²) in [6.45, 7) is 5.65. The first-order valence-corrected chi connectivity index (χ1v) is 7.53. The minimum atomic E-state index is -0.179. The first kappa shape index (κ1) is 14.0. The van der Waals surface area contributed by atoms with Crippen molar-refractivity contribution in [1.29, 1.82) is 0 Å². The Kier molecular flexibility index (Phi) is 4.79. The summed E-state index contributed by atoms with van der Waals surface area (Å²) in [6, 6.07) is 5.75. The van der Waals surface area contributed by atoms with E-state index in [1.807, 2.05) is 6.07 Å². The van der Waals surface area contributed by atoms with Gasteiger partial charge in [0.15, 0.2) is 0 Å². The number of rotatable bonds is 6. The molecule has 3 heteroatoms. The predicted octanol–water partition coefficient (Wildman–Crippen LogP) is 4.15. The molecule has 1 N–H and O–H groups in total. The normalized spacial score (nSPS) is 18.7. The number of nitrogens with one attached hydrogen (secondary N) is 1. The quantitative estimate of drug-likeness (QED) is 0.831. The molecule has 1 aromatic carbocycles. The number of hydrogen-bond acceptors (Lipinski definition) is 1. The molecule has 1 saturated carbocycles. The van der Waals surface area contributed by atoms with Gasteiger partial charge in [0.1, 0.15) is 5.82 Å². The predicted molar refractivity (Wildman–Crippen MR) is 77.2 cm³/mol. The highest BCUT2D eigenvalue weighted by atomic mass is 79.9. The third-order valence-corrected chi connectivity index (χ3v) is 4.57. The molecule has 0 heterocycles. The highest BCUT2D eigenvalue weighted by molar-refractivity contribution is 9.10. The van der Waals surface area contributed by atoms with Gasteiger partial charge in [-0.15, -0.1) is 0 Å². The average molecular weight is 314 g/mol. The van der Waals surface area contributed by atoms with Crippen molar-refractivity contribution in [2.45, 2.75) is 39.2 Å². The molecule has 2 atom stereocenters. The maximum absolute atomic E-state index is 13.0. The molecule has 2 rings (SSSR count). The van der Waals surface area contributed by atoms with Crippen molar-refractivity contribution in [3.05, 3.63) is 34.1 Å². The Bertz CT molecular complexity index is 403. The van der Waals surface area contributed by atoms with Gasteiger partial charge in [-0.1, -0.05) is 35.8 Å². The Morgan fingerprint density at radius 2 is 2.06 bits per heavy atom. The van der Waals surface area contributed by atoms with Crippen molar-refractivity contribution < 1.29 is 4.39 Å². The zero-order valence-corrected chi connectivity index (χ0v) is 12.6. The van der Waals surface area contributed by atoms with E-state index < -0.39 is 0 Å². The second kappa shape index (κ2) is 6.16. The third-order valence-electron chi connectivity index (χ3n) is 3.83. The highest BCUT2D eigenvalue weighted by Crippen LogP contribution is 2.25. The van der Waals surface area contributed by atoms with E-state index in [0.717, 1.165) is 23.5 Å². The summed E-state index contributed by atoms with van der Waals surface area (Å²) in [5, 5.41) is 3.58. The summed E-state index contributed by atoms with van der Waals surface area (Å²) in [6.07, 6.45) is 3.67. The first-order valence-electron chi connectivity index (χ1n) is 6.73. The van der Waals surface area contributed by atoms with Crippen molar-refractivity contribution in [2.75, 3.05) is 6.54 Å². The summed E-state index contributed by atoms with van der Waals surface area (Å²) in [5.74, 6) is 1.06. The van der Waals surface area contributed by atoms with Crippen molar-refractivity contribution in [2.24, 2.45) is 11.8 Å². The van der Waals surface area contributed by atoms with Gasteiger partial charge in [0, 0.05) is 10.5 Å². The lowest BCUT2D eigenvalue weighted by molar-refractivity contribution is 0.363. The van der Waals surface area contributed by atoms with Gasteiger partial charge in [-0.05, 0) is 55.3 Å². The van der Waals surface area contributed by atoms with Gasteiger partial charge < -0.3 is 5.32 Å². The SMILES string of the molecule is CC(CNC1CC1)C(C)Cc1ccc(F)cc1Br. The van der Waals surface area contributed by atoms with Crippen LogP contribution < -0.4 is 5.32 Å². The van der Waals surface area contributed by atoms with Crippen molar-refractivity contribution in [3.63, 3.8) is 0 Å². The number of hydrogen-bond donors (Lipinski definition) is 1. The molecule has 0 radical (unpaired) electrons. The largest absolute Gasteiger partial charge is 0.314 e. The fourth-order valence-corrected chi connectivity index (χ4v) is 2.59. The van der Waals surface area contributed by atoms with Gasteiger partial charge >= 0.3 is 0 Å². The number of halogens is 2. The molecular weight excluding hydrogens is 293 g/mol. The Morgan fingerprint density at radius 1 is 1.33 bits per heavy atom. The molecule has 0 amide bonds. The molecule has 100 valence electrons. The molecule has 0 saturated heterocycles. The number of benzene rings is 1. The van der Waals surface area contributed by atoms with Crippen molar-refractivity contribution in [3.8, 4) is 0 Å². The van der Waals surface area contributed by atoms with Crippen LogP contribution in [0.2, 0.25) is 0 Å². The Hall–Kier alpha value is -0.410. The zero-order valence-electron chi connectivity index (χ0n) is 11.0. The fourth-order valence-electron chi connectivity index (χ4n) is 2.08. The van der Waals surface area contributed by atoms with Gasteiger partial charge in [0.05, 0.1) is 0 Å². The van der Waals surface area contributed by atoms with Gasteiger partial charge in [-0.3, -0.25) is 0 Å². The Morgan fingerprint density at radius 3 is 2.67 bits per heavy atom. The summed E-state index contributed by atoms with van der Waals surface area (Å²) in [4.78, 5) is 0. The van der Waals surface area contributed by atoms with E-state index in [-0.39, 0.29) is 5.82 Å². The van der Waals surface area contributed by atoms with Crippen LogP contribution in [0.15, 0.2) is 22.7 Å². The highest BCUT2D eigenvalue weighted by Gasteiger charge is 2.22. The van der Waals surface area contributed by atoms with E-state index in [9.17, 15) is 4.39 Å². The monoisotopic (exact) mass is 313 g/mol.